The number of aromatic nitrogens is 2. The fourth-order valence-electron chi connectivity index (χ4n) is 3.91. The molecular weight excluding hydrogens is 575 g/mol. The summed E-state index contributed by atoms with van der Waals surface area (Å²) in [7, 11) is 0. The zero-order valence-corrected chi connectivity index (χ0v) is 24.1. The number of halogens is 3. The van der Waals surface area contributed by atoms with Crippen LogP contribution in [-0.2, 0) is 22.4 Å². The van der Waals surface area contributed by atoms with Gasteiger partial charge in [-0.3, -0.25) is 4.79 Å². The molecule has 232 valence electrons. The molecule has 0 saturated heterocycles. The maximum absolute atomic E-state index is 13.2. The van der Waals surface area contributed by atoms with E-state index in [1.165, 1.54) is 5.56 Å². The monoisotopic (exact) mass is 609 g/mol. The number of anilines is 2. The van der Waals surface area contributed by atoms with Gasteiger partial charge >= 0.3 is 12.1 Å². The average molecular weight is 610 g/mol. The minimum atomic E-state index is -5.08. The van der Waals surface area contributed by atoms with E-state index in [9.17, 15) is 18.0 Å². The van der Waals surface area contributed by atoms with Crippen LogP contribution >= 0.6 is 0 Å². The molecule has 9 nitrogen and oxygen atoms in total. The third-order valence-electron chi connectivity index (χ3n) is 5.97. The highest BCUT2D eigenvalue weighted by molar-refractivity contribution is 5.84. The van der Waals surface area contributed by atoms with Gasteiger partial charge in [-0.25, -0.2) is 9.78 Å². The average Bonchev–Trinajstić information content (AvgIpc) is 3.00. The molecule has 0 radical (unpaired) electrons. The molecular formula is C32H34F3N5O4. The smallest absolute Gasteiger partial charge is 0.490 e. The largest absolute Gasteiger partial charge is 0.492 e. The van der Waals surface area contributed by atoms with Crippen LogP contribution in [0.3, 0.4) is 0 Å². The molecule has 0 fully saturated rings. The number of para-hydroxylation sites is 1. The lowest BCUT2D eigenvalue weighted by atomic mass is 10.1. The van der Waals surface area contributed by atoms with Crippen LogP contribution in [0.1, 0.15) is 16.8 Å². The number of carboxylic acids is 1. The molecule has 0 unspecified atom stereocenters. The van der Waals surface area contributed by atoms with Gasteiger partial charge in [0.15, 0.2) is 0 Å². The molecule has 0 aliphatic carbocycles. The fourth-order valence-corrected chi connectivity index (χ4v) is 3.91. The number of carbonyl (C=O) groups excluding carboxylic acids is 1. The molecule has 0 saturated carbocycles. The number of carboxylic acid groups (broad SMARTS) is 1. The van der Waals surface area contributed by atoms with E-state index in [2.05, 4.69) is 38.1 Å². The molecule has 4 N–H and O–H groups in total. The Morgan fingerprint density at radius 3 is 2.02 bits per heavy atom. The second-order valence-corrected chi connectivity index (χ2v) is 9.52. The van der Waals surface area contributed by atoms with Crippen LogP contribution < -0.4 is 20.7 Å². The first-order chi connectivity index (χ1) is 21.1. The van der Waals surface area contributed by atoms with Gasteiger partial charge in [-0.1, -0.05) is 78.9 Å². The second kappa shape index (κ2) is 17.1. The van der Waals surface area contributed by atoms with Gasteiger partial charge in [0, 0.05) is 24.7 Å². The van der Waals surface area contributed by atoms with Crippen molar-refractivity contribution in [1.82, 2.24) is 15.3 Å². The third kappa shape index (κ3) is 12.4. The molecule has 4 aromatic rings. The Morgan fingerprint density at radius 1 is 0.864 bits per heavy atom. The number of hydrogen-bond donors (Lipinski definition) is 4. The maximum atomic E-state index is 13.2. The molecule has 44 heavy (non-hydrogen) atoms. The summed E-state index contributed by atoms with van der Waals surface area (Å²) in [4.78, 5) is 31.2. The van der Waals surface area contributed by atoms with Gasteiger partial charge in [-0.2, -0.15) is 18.2 Å². The minimum absolute atomic E-state index is 0.115. The number of rotatable bonds is 13. The Hall–Kier alpha value is -5.13. The highest BCUT2D eigenvalue weighted by Crippen LogP contribution is 2.15. The fraction of sp³-hybridized carbons (Fsp3) is 0.250. The van der Waals surface area contributed by atoms with Crippen molar-refractivity contribution in [1.29, 1.82) is 0 Å². The number of aryl methyl sites for hydroxylation is 1. The van der Waals surface area contributed by atoms with Gasteiger partial charge in [-0.15, -0.1) is 0 Å². The SMILES string of the molecule is Cc1cc(N[C@@H](Cc2ccccc2)C(=O)NCCOc2ccccc2)nc(NCCc2ccccc2)n1.O=C(O)C(F)(F)F. The summed E-state index contributed by atoms with van der Waals surface area (Å²) >= 11 is 0. The number of amides is 1. The van der Waals surface area contributed by atoms with Crippen LogP contribution in [0, 0.1) is 6.92 Å². The number of nitrogens with one attached hydrogen (secondary N) is 3. The summed E-state index contributed by atoms with van der Waals surface area (Å²) in [6, 6.07) is 31.1. The number of alkyl halides is 3. The van der Waals surface area contributed by atoms with Crippen LogP contribution in [0.25, 0.3) is 0 Å². The van der Waals surface area contributed by atoms with E-state index in [0.717, 1.165) is 23.4 Å². The summed E-state index contributed by atoms with van der Waals surface area (Å²) in [5, 5.41) is 16.8. The molecule has 0 spiro atoms. The number of nitrogens with zero attached hydrogens (tertiary/aromatic N) is 2. The number of hydrogen-bond acceptors (Lipinski definition) is 7. The Balaban J connectivity index is 0.000000676. The zero-order chi connectivity index (χ0) is 31.8. The van der Waals surface area contributed by atoms with Gasteiger partial charge in [0.1, 0.15) is 24.2 Å². The van der Waals surface area contributed by atoms with E-state index in [0.29, 0.717) is 37.9 Å². The molecule has 0 aliphatic rings. The highest BCUT2D eigenvalue weighted by Gasteiger charge is 2.38. The van der Waals surface area contributed by atoms with Gasteiger partial charge < -0.3 is 25.8 Å². The first-order valence-corrected chi connectivity index (χ1v) is 13.8. The van der Waals surface area contributed by atoms with E-state index >= 15 is 0 Å². The number of carbonyl (C=O) groups is 2. The Morgan fingerprint density at radius 2 is 1.43 bits per heavy atom. The minimum Gasteiger partial charge on any atom is -0.492 e. The van der Waals surface area contributed by atoms with Crippen LogP contribution in [0.15, 0.2) is 97.1 Å². The van der Waals surface area contributed by atoms with Crippen molar-refractivity contribution in [2.24, 2.45) is 0 Å². The van der Waals surface area contributed by atoms with Gasteiger partial charge in [0.05, 0.1) is 6.54 Å². The summed E-state index contributed by atoms with van der Waals surface area (Å²) in [5.41, 5.74) is 3.12. The van der Waals surface area contributed by atoms with Crippen LogP contribution in [0.5, 0.6) is 5.75 Å². The molecule has 1 atom stereocenters. The van der Waals surface area contributed by atoms with Crippen molar-refractivity contribution < 1.29 is 32.6 Å². The molecule has 1 heterocycles. The lowest BCUT2D eigenvalue weighted by Crippen LogP contribution is -2.42. The molecule has 4 rings (SSSR count). The normalized spacial score (nSPS) is 11.4. The Kier molecular flexibility index (Phi) is 13.0. The van der Waals surface area contributed by atoms with Crippen molar-refractivity contribution >= 4 is 23.6 Å². The van der Waals surface area contributed by atoms with Crippen molar-refractivity contribution in [3.05, 3.63) is 114 Å². The molecule has 1 aromatic heterocycles. The predicted molar refractivity (Wildman–Crippen MR) is 162 cm³/mol. The summed E-state index contributed by atoms with van der Waals surface area (Å²) in [6.07, 6.45) is -3.70. The van der Waals surface area contributed by atoms with Crippen molar-refractivity contribution in [2.75, 3.05) is 30.3 Å². The van der Waals surface area contributed by atoms with Crippen molar-refractivity contribution in [2.45, 2.75) is 32.0 Å². The van der Waals surface area contributed by atoms with Crippen molar-refractivity contribution in [3.8, 4) is 5.75 Å². The Labute approximate surface area is 253 Å². The molecule has 0 aliphatic heterocycles. The van der Waals surface area contributed by atoms with Gasteiger partial charge in [-0.05, 0) is 36.6 Å². The third-order valence-corrected chi connectivity index (χ3v) is 5.97. The zero-order valence-electron chi connectivity index (χ0n) is 24.1. The summed E-state index contributed by atoms with van der Waals surface area (Å²) in [5.74, 6) is -0.956. The van der Waals surface area contributed by atoms with E-state index < -0.39 is 18.2 Å². The Bertz CT molecular complexity index is 1440. The van der Waals surface area contributed by atoms with E-state index in [1.807, 2.05) is 91.9 Å². The molecule has 1 amide bonds. The summed E-state index contributed by atoms with van der Waals surface area (Å²) < 4.78 is 37.4. The van der Waals surface area contributed by atoms with Crippen LogP contribution in [0.4, 0.5) is 24.9 Å². The number of aliphatic carboxylic acids is 1. The van der Waals surface area contributed by atoms with Crippen LogP contribution in [0.2, 0.25) is 0 Å². The quantitative estimate of drug-likeness (QED) is 0.151. The molecule has 12 heteroatoms. The summed E-state index contributed by atoms with van der Waals surface area (Å²) in [6.45, 7) is 3.41. The van der Waals surface area contributed by atoms with Crippen LogP contribution in [-0.4, -0.2) is 58.9 Å². The lowest BCUT2D eigenvalue weighted by Gasteiger charge is -2.20. The first kappa shape index (κ1) is 33.4. The molecule has 0 bridgehead atoms. The first-order valence-electron chi connectivity index (χ1n) is 13.8. The van der Waals surface area contributed by atoms with Gasteiger partial charge in [0.25, 0.3) is 0 Å². The number of ether oxygens (including phenoxy) is 1. The maximum Gasteiger partial charge on any atom is 0.490 e. The standard InChI is InChI=1S/C30H33N5O2.C2HF3O2/c1-23-21-28(35-30(33-23)32-18-17-24-11-5-2-6-12-24)34-27(22-25-13-7-3-8-14-25)29(36)31-19-20-37-26-15-9-4-10-16-26;3-2(4,5)1(6)7/h2-16,21,27H,17-20,22H2,1H3,(H,31,36)(H2,32,33,34,35);(H,6,7)/t27-;/m0./s1. The second-order valence-electron chi connectivity index (χ2n) is 9.52. The van der Waals surface area contributed by atoms with E-state index in [1.54, 1.807) is 0 Å². The highest BCUT2D eigenvalue weighted by atomic mass is 19.4. The topological polar surface area (TPSA) is 125 Å². The lowest BCUT2D eigenvalue weighted by molar-refractivity contribution is -0.192. The molecule has 3 aromatic carbocycles. The van der Waals surface area contributed by atoms with E-state index in [-0.39, 0.29) is 5.91 Å². The predicted octanol–water partition coefficient (Wildman–Crippen LogP) is 5.29. The van der Waals surface area contributed by atoms with Crippen molar-refractivity contribution in [3.63, 3.8) is 0 Å². The van der Waals surface area contributed by atoms with E-state index in [4.69, 9.17) is 14.6 Å². The number of benzene rings is 3. The van der Waals surface area contributed by atoms with Gasteiger partial charge in [0.2, 0.25) is 11.9 Å².